The van der Waals surface area contributed by atoms with E-state index in [9.17, 15) is 14.0 Å². The molecule has 0 fully saturated rings. The van der Waals surface area contributed by atoms with Gasteiger partial charge in [-0.2, -0.15) is 0 Å². The third kappa shape index (κ3) is 6.83. The zero-order valence-corrected chi connectivity index (χ0v) is 16.6. The molecule has 0 heterocycles. The second-order valence-electron chi connectivity index (χ2n) is 6.08. The first kappa shape index (κ1) is 23.4. The van der Waals surface area contributed by atoms with Gasteiger partial charge in [0, 0.05) is 29.1 Å². The van der Waals surface area contributed by atoms with E-state index in [-0.39, 0.29) is 24.0 Å². The first-order chi connectivity index (χ1) is 13.2. The van der Waals surface area contributed by atoms with Crippen LogP contribution in [0.1, 0.15) is 29.8 Å². The highest BCUT2D eigenvalue weighted by atomic mass is 35.5. The van der Waals surface area contributed by atoms with Crippen molar-refractivity contribution in [3.05, 3.63) is 58.4 Å². The Morgan fingerprint density at radius 3 is 2.43 bits per heavy atom. The maximum absolute atomic E-state index is 12.7. The van der Waals surface area contributed by atoms with E-state index >= 15 is 0 Å². The Kier molecular flexibility index (Phi) is 9.41. The number of aliphatic carboxylic acids is 1. The fourth-order valence-corrected chi connectivity index (χ4v) is 2.30. The van der Waals surface area contributed by atoms with Crippen LogP contribution in [-0.2, 0) is 11.3 Å². The Labute approximate surface area is 168 Å². The summed E-state index contributed by atoms with van der Waals surface area (Å²) < 4.78 is 23.1. The van der Waals surface area contributed by atoms with Gasteiger partial charge in [0.15, 0.2) is 12.4 Å². The fourth-order valence-electron chi connectivity index (χ4n) is 2.14. The molecule has 2 aromatic carbocycles. The van der Waals surface area contributed by atoms with E-state index in [1.54, 1.807) is 32.0 Å². The largest absolute Gasteiger partial charge is 0.497 e. The number of carboxylic acid groups (broad SMARTS) is 1. The van der Waals surface area contributed by atoms with Gasteiger partial charge in [-0.1, -0.05) is 31.5 Å². The quantitative estimate of drug-likeness (QED) is 0.669. The molecule has 0 spiro atoms. The van der Waals surface area contributed by atoms with Crippen LogP contribution in [0.5, 0.6) is 11.5 Å². The predicted molar refractivity (Wildman–Crippen MR) is 105 cm³/mol. The topological polar surface area (TPSA) is 98.8 Å². The van der Waals surface area contributed by atoms with E-state index in [4.69, 9.17) is 31.9 Å². The SMILES string of the molecule is COc1ccc(C=O)c(OC(C(=O)O)C(C)C)c1.NCc1ccc(Cl)cc1F. The number of methoxy groups -OCH3 is 1. The molecule has 0 bridgehead atoms. The van der Waals surface area contributed by atoms with Crippen LogP contribution in [-0.4, -0.2) is 30.6 Å². The van der Waals surface area contributed by atoms with Gasteiger partial charge in [-0.3, -0.25) is 4.79 Å². The number of ether oxygens (including phenoxy) is 2. The monoisotopic (exact) mass is 411 g/mol. The number of hydrogen-bond donors (Lipinski definition) is 2. The molecule has 2 aromatic rings. The van der Waals surface area contributed by atoms with Crippen LogP contribution in [0.2, 0.25) is 5.02 Å². The lowest BCUT2D eigenvalue weighted by atomic mass is 10.1. The number of nitrogens with two attached hydrogens (primary N) is 1. The maximum atomic E-state index is 12.7. The Balaban J connectivity index is 0.000000330. The number of rotatable bonds is 7. The van der Waals surface area contributed by atoms with E-state index in [1.165, 1.54) is 25.3 Å². The molecule has 0 aromatic heterocycles. The van der Waals surface area contributed by atoms with Crippen LogP contribution in [0.25, 0.3) is 0 Å². The van der Waals surface area contributed by atoms with E-state index in [1.807, 2.05) is 0 Å². The predicted octanol–water partition coefficient (Wildman–Crippen LogP) is 3.93. The molecule has 8 heteroatoms. The lowest BCUT2D eigenvalue weighted by Crippen LogP contribution is -2.32. The lowest BCUT2D eigenvalue weighted by molar-refractivity contribution is -0.147. The molecule has 1 atom stereocenters. The summed E-state index contributed by atoms with van der Waals surface area (Å²) in [6.07, 6.45) is -0.385. The molecule has 6 nitrogen and oxygen atoms in total. The van der Waals surface area contributed by atoms with Crippen LogP contribution in [0.3, 0.4) is 0 Å². The van der Waals surface area contributed by atoms with Crippen molar-refractivity contribution in [2.45, 2.75) is 26.5 Å². The summed E-state index contributed by atoms with van der Waals surface area (Å²) in [5, 5.41) is 9.45. The van der Waals surface area contributed by atoms with Gasteiger partial charge in [-0.05, 0) is 24.3 Å². The van der Waals surface area contributed by atoms with Crippen LogP contribution in [0.15, 0.2) is 36.4 Å². The van der Waals surface area contributed by atoms with Gasteiger partial charge in [0.2, 0.25) is 0 Å². The van der Waals surface area contributed by atoms with Crippen molar-refractivity contribution in [1.29, 1.82) is 0 Å². The van der Waals surface area contributed by atoms with Crippen LogP contribution in [0, 0.1) is 11.7 Å². The summed E-state index contributed by atoms with van der Waals surface area (Å²) in [6, 6.07) is 9.10. The molecule has 28 heavy (non-hydrogen) atoms. The summed E-state index contributed by atoms with van der Waals surface area (Å²) in [7, 11) is 1.48. The van der Waals surface area contributed by atoms with E-state index in [2.05, 4.69) is 0 Å². The molecule has 0 aliphatic heterocycles. The first-order valence-corrected chi connectivity index (χ1v) is 8.77. The first-order valence-electron chi connectivity index (χ1n) is 8.40. The second kappa shape index (κ2) is 11.3. The summed E-state index contributed by atoms with van der Waals surface area (Å²) >= 11 is 5.49. The van der Waals surface area contributed by atoms with Crippen LogP contribution >= 0.6 is 11.6 Å². The smallest absolute Gasteiger partial charge is 0.345 e. The van der Waals surface area contributed by atoms with Crippen molar-refractivity contribution in [3.8, 4) is 11.5 Å². The van der Waals surface area contributed by atoms with Gasteiger partial charge < -0.3 is 20.3 Å². The number of carboxylic acids is 1. The lowest BCUT2D eigenvalue weighted by Gasteiger charge is -2.19. The van der Waals surface area contributed by atoms with E-state index in [0.29, 0.717) is 28.2 Å². The molecule has 1 unspecified atom stereocenters. The summed E-state index contributed by atoms with van der Waals surface area (Å²) in [4.78, 5) is 21.9. The second-order valence-corrected chi connectivity index (χ2v) is 6.52. The van der Waals surface area contributed by atoms with Crippen molar-refractivity contribution in [2.75, 3.05) is 7.11 Å². The molecule has 3 N–H and O–H groups in total. The van der Waals surface area contributed by atoms with Crippen molar-refractivity contribution < 1.29 is 28.6 Å². The van der Waals surface area contributed by atoms with E-state index < -0.39 is 12.1 Å². The van der Waals surface area contributed by atoms with Crippen molar-refractivity contribution in [3.63, 3.8) is 0 Å². The minimum Gasteiger partial charge on any atom is -0.497 e. The number of aldehydes is 1. The Bertz CT molecular complexity index is 813. The summed E-state index contributed by atoms with van der Waals surface area (Å²) in [5.41, 5.74) is 6.00. The molecular formula is C20H23ClFNO5. The van der Waals surface area contributed by atoms with Gasteiger partial charge in [-0.15, -0.1) is 0 Å². The third-order valence-corrected chi connectivity index (χ3v) is 3.92. The Morgan fingerprint density at radius 2 is 1.96 bits per heavy atom. The normalized spacial score (nSPS) is 11.2. The molecule has 2 rings (SSSR count). The molecular weight excluding hydrogens is 389 g/mol. The average Bonchev–Trinajstić information content (AvgIpc) is 2.66. The maximum Gasteiger partial charge on any atom is 0.345 e. The number of carbonyl (C=O) groups is 2. The Hall–Kier alpha value is -2.64. The van der Waals surface area contributed by atoms with Crippen molar-refractivity contribution in [2.24, 2.45) is 11.7 Å². The molecule has 0 saturated carbocycles. The Morgan fingerprint density at radius 1 is 1.29 bits per heavy atom. The molecule has 0 aliphatic rings. The standard InChI is InChI=1S/C13H16O5.C7H7ClFN/c1-8(2)12(13(15)16)18-11-6-10(17-3)5-4-9(11)7-14;8-6-2-1-5(4-10)7(9)3-6/h4-8,12H,1-3H3,(H,15,16);1-3H,4,10H2. The summed E-state index contributed by atoms with van der Waals surface area (Å²) in [5.74, 6) is -0.901. The van der Waals surface area contributed by atoms with Gasteiger partial charge >= 0.3 is 5.97 Å². The van der Waals surface area contributed by atoms with Crippen LogP contribution in [0.4, 0.5) is 4.39 Å². The minimum atomic E-state index is -1.07. The molecule has 0 aliphatic carbocycles. The highest BCUT2D eigenvalue weighted by Crippen LogP contribution is 2.26. The summed E-state index contributed by atoms with van der Waals surface area (Å²) in [6.45, 7) is 3.68. The average molecular weight is 412 g/mol. The van der Waals surface area contributed by atoms with E-state index in [0.717, 1.165) is 0 Å². The highest BCUT2D eigenvalue weighted by molar-refractivity contribution is 6.30. The molecule has 0 radical (unpaired) electrons. The van der Waals surface area contributed by atoms with Crippen LogP contribution < -0.4 is 15.2 Å². The minimum absolute atomic E-state index is 0.211. The van der Waals surface area contributed by atoms with Gasteiger partial charge in [0.25, 0.3) is 0 Å². The number of benzene rings is 2. The molecule has 0 amide bonds. The van der Waals surface area contributed by atoms with Crippen molar-refractivity contribution >= 4 is 23.9 Å². The van der Waals surface area contributed by atoms with Crippen molar-refractivity contribution in [1.82, 2.24) is 0 Å². The fraction of sp³-hybridized carbons (Fsp3) is 0.300. The van der Waals surface area contributed by atoms with Gasteiger partial charge in [0.1, 0.15) is 17.3 Å². The third-order valence-electron chi connectivity index (χ3n) is 3.69. The molecule has 152 valence electrons. The zero-order valence-electron chi connectivity index (χ0n) is 15.8. The number of halogens is 2. The zero-order chi connectivity index (χ0) is 21.3. The van der Waals surface area contributed by atoms with Gasteiger partial charge in [-0.25, -0.2) is 9.18 Å². The van der Waals surface area contributed by atoms with Gasteiger partial charge in [0.05, 0.1) is 12.7 Å². The highest BCUT2D eigenvalue weighted by Gasteiger charge is 2.24. The number of hydrogen-bond acceptors (Lipinski definition) is 5. The molecule has 0 saturated heterocycles. The number of carbonyl (C=O) groups excluding carboxylic acids is 1.